The fourth-order valence-corrected chi connectivity index (χ4v) is 4.55. The standard InChI is InChI=1S/C21H35NO6/c1-13(2)7-8-15-20(5,28-15)17-16(25-6)14(9-10-21(17)12-26-21)27-18(24)22-19(3,4)11-23/h7,14-17,23H,8-12H2,1-6H3,(H,22,24)/t14?,15-,16?,17?,20+,21+/m1/s1. The summed E-state index contributed by atoms with van der Waals surface area (Å²) in [4.78, 5) is 12.4. The first-order chi connectivity index (χ1) is 13.1. The first kappa shape index (κ1) is 21.6. The number of hydrogen-bond donors (Lipinski definition) is 2. The smallest absolute Gasteiger partial charge is 0.407 e. The van der Waals surface area contributed by atoms with Crippen LogP contribution in [0, 0.1) is 5.92 Å². The van der Waals surface area contributed by atoms with Crippen LogP contribution in [0.5, 0.6) is 0 Å². The number of alkyl carbamates (subject to hydrolysis) is 1. The number of aliphatic hydroxyl groups excluding tert-OH is 1. The van der Waals surface area contributed by atoms with Gasteiger partial charge in [0.1, 0.15) is 23.4 Å². The number of epoxide rings is 2. The van der Waals surface area contributed by atoms with E-state index in [2.05, 4.69) is 32.2 Å². The van der Waals surface area contributed by atoms with Crippen LogP contribution in [0.2, 0.25) is 0 Å². The highest BCUT2D eigenvalue weighted by Gasteiger charge is 2.72. The van der Waals surface area contributed by atoms with Crippen LogP contribution >= 0.6 is 0 Å². The van der Waals surface area contributed by atoms with Gasteiger partial charge in [0.05, 0.1) is 30.8 Å². The first-order valence-corrected chi connectivity index (χ1v) is 10.1. The molecule has 3 fully saturated rings. The Hall–Kier alpha value is -1.15. The molecule has 0 bridgehead atoms. The van der Waals surface area contributed by atoms with Crippen LogP contribution in [-0.2, 0) is 18.9 Å². The lowest BCUT2D eigenvalue weighted by Gasteiger charge is -2.42. The minimum atomic E-state index is -0.741. The summed E-state index contributed by atoms with van der Waals surface area (Å²) in [5.74, 6) is -0.00188. The van der Waals surface area contributed by atoms with Gasteiger partial charge >= 0.3 is 6.09 Å². The molecule has 2 N–H and O–H groups in total. The maximum atomic E-state index is 12.4. The summed E-state index contributed by atoms with van der Waals surface area (Å²) in [5, 5.41) is 12.1. The van der Waals surface area contributed by atoms with E-state index in [0.717, 1.165) is 12.8 Å². The summed E-state index contributed by atoms with van der Waals surface area (Å²) < 4.78 is 23.7. The van der Waals surface area contributed by atoms with Gasteiger partial charge in [-0.3, -0.25) is 0 Å². The summed E-state index contributed by atoms with van der Waals surface area (Å²) in [6.07, 6.45) is 3.43. The van der Waals surface area contributed by atoms with Gasteiger partial charge < -0.3 is 29.4 Å². The third-order valence-corrected chi connectivity index (χ3v) is 6.33. The third-order valence-electron chi connectivity index (χ3n) is 6.33. The van der Waals surface area contributed by atoms with Crippen molar-refractivity contribution in [2.24, 2.45) is 5.92 Å². The molecule has 3 rings (SSSR count). The molecule has 0 radical (unpaired) electrons. The van der Waals surface area contributed by atoms with Crippen molar-refractivity contribution in [3.8, 4) is 0 Å². The van der Waals surface area contributed by atoms with Crippen LogP contribution in [0.15, 0.2) is 11.6 Å². The van der Waals surface area contributed by atoms with E-state index in [4.69, 9.17) is 18.9 Å². The lowest BCUT2D eigenvalue weighted by atomic mass is 9.68. The van der Waals surface area contributed by atoms with Gasteiger partial charge in [-0.05, 0) is 53.9 Å². The topological polar surface area (TPSA) is 92.9 Å². The van der Waals surface area contributed by atoms with Gasteiger partial charge in [-0.1, -0.05) is 11.6 Å². The van der Waals surface area contributed by atoms with Crippen molar-refractivity contribution < 1.29 is 28.8 Å². The van der Waals surface area contributed by atoms with Crippen LogP contribution < -0.4 is 5.32 Å². The molecule has 2 heterocycles. The number of aliphatic hydroxyl groups is 1. The lowest BCUT2D eigenvalue weighted by Crippen LogP contribution is -2.57. The van der Waals surface area contributed by atoms with Crippen molar-refractivity contribution in [3.63, 3.8) is 0 Å². The molecule has 0 aromatic carbocycles. The van der Waals surface area contributed by atoms with E-state index < -0.39 is 11.6 Å². The predicted molar refractivity (Wildman–Crippen MR) is 104 cm³/mol. The van der Waals surface area contributed by atoms with Gasteiger partial charge in [0.2, 0.25) is 0 Å². The summed E-state index contributed by atoms with van der Waals surface area (Å²) in [6.45, 7) is 10.3. The molecule has 0 aromatic heterocycles. The SMILES string of the molecule is COC1C(OC(=O)NC(C)(C)CO)CC[C@]2(CO2)C1[C@@]1(C)O[C@@H]1CC=C(C)C. The monoisotopic (exact) mass is 397 g/mol. The zero-order valence-electron chi connectivity index (χ0n) is 17.9. The van der Waals surface area contributed by atoms with Crippen molar-refractivity contribution in [2.45, 2.75) is 88.9 Å². The Kier molecular flexibility index (Phi) is 5.85. The highest BCUT2D eigenvalue weighted by atomic mass is 16.6. The normalized spacial score (nSPS) is 39.4. The minimum absolute atomic E-state index is 0.00188. The number of allylic oxidation sites excluding steroid dienone is 1. The Balaban J connectivity index is 1.72. The summed E-state index contributed by atoms with van der Waals surface area (Å²) >= 11 is 0. The number of hydrogen-bond acceptors (Lipinski definition) is 6. The summed E-state index contributed by atoms with van der Waals surface area (Å²) in [7, 11) is 1.65. The molecule has 2 saturated heterocycles. The van der Waals surface area contributed by atoms with Gasteiger partial charge in [0, 0.05) is 7.11 Å². The summed E-state index contributed by atoms with van der Waals surface area (Å²) in [6, 6.07) is 0. The molecule has 7 heteroatoms. The predicted octanol–water partition coefficient (Wildman–Crippen LogP) is 2.56. The van der Waals surface area contributed by atoms with Crippen LogP contribution in [0.25, 0.3) is 0 Å². The Morgan fingerprint density at radius 1 is 1.39 bits per heavy atom. The van der Waals surface area contributed by atoms with Gasteiger partial charge in [-0.15, -0.1) is 0 Å². The maximum Gasteiger partial charge on any atom is 0.407 e. The van der Waals surface area contributed by atoms with Crippen molar-refractivity contribution in [3.05, 3.63) is 11.6 Å². The molecule has 2 aliphatic heterocycles. The second-order valence-corrected chi connectivity index (χ2v) is 9.49. The first-order valence-electron chi connectivity index (χ1n) is 10.1. The second kappa shape index (κ2) is 7.59. The van der Waals surface area contributed by atoms with E-state index in [1.54, 1.807) is 21.0 Å². The molecular formula is C21H35NO6. The molecule has 1 saturated carbocycles. The molecule has 160 valence electrons. The average molecular weight is 398 g/mol. The fraction of sp³-hybridized carbons (Fsp3) is 0.857. The Labute approximate surface area is 167 Å². The Bertz CT molecular complexity index is 624. The number of ether oxygens (including phenoxy) is 4. The minimum Gasteiger partial charge on any atom is -0.443 e. The molecule has 7 nitrogen and oxygen atoms in total. The molecule has 3 unspecified atom stereocenters. The molecule has 6 atom stereocenters. The van der Waals surface area contributed by atoms with Crippen molar-refractivity contribution in [1.29, 1.82) is 0 Å². The largest absolute Gasteiger partial charge is 0.443 e. The molecular weight excluding hydrogens is 362 g/mol. The van der Waals surface area contributed by atoms with E-state index in [9.17, 15) is 9.90 Å². The van der Waals surface area contributed by atoms with Crippen LogP contribution in [0.3, 0.4) is 0 Å². The Morgan fingerprint density at radius 3 is 2.61 bits per heavy atom. The molecule has 3 aliphatic rings. The number of rotatable bonds is 7. The summed E-state index contributed by atoms with van der Waals surface area (Å²) in [5.41, 5.74) is -0.0659. The number of nitrogens with one attached hydrogen (secondary N) is 1. The highest BCUT2D eigenvalue weighted by Crippen LogP contribution is 2.59. The molecule has 28 heavy (non-hydrogen) atoms. The number of carbonyl (C=O) groups is 1. The highest BCUT2D eigenvalue weighted by molar-refractivity contribution is 5.68. The number of carbonyl (C=O) groups excluding carboxylic acids is 1. The van der Waals surface area contributed by atoms with Crippen LogP contribution in [-0.4, -0.2) is 66.6 Å². The third kappa shape index (κ3) is 4.22. The van der Waals surface area contributed by atoms with Gasteiger partial charge in [-0.2, -0.15) is 0 Å². The van der Waals surface area contributed by atoms with E-state index in [-0.39, 0.29) is 42.0 Å². The molecule has 1 aliphatic carbocycles. The van der Waals surface area contributed by atoms with E-state index in [1.807, 2.05) is 0 Å². The number of methoxy groups -OCH3 is 1. The lowest BCUT2D eigenvalue weighted by molar-refractivity contribution is -0.118. The number of amides is 1. The molecule has 1 amide bonds. The van der Waals surface area contributed by atoms with Crippen LogP contribution in [0.1, 0.15) is 53.9 Å². The average Bonchev–Trinajstić information content (AvgIpc) is 3.52. The van der Waals surface area contributed by atoms with E-state index >= 15 is 0 Å². The van der Waals surface area contributed by atoms with Gasteiger partial charge in [-0.25, -0.2) is 4.79 Å². The maximum absolute atomic E-state index is 12.4. The molecule has 1 spiro atoms. The van der Waals surface area contributed by atoms with Crippen molar-refractivity contribution in [1.82, 2.24) is 5.32 Å². The second-order valence-electron chi connectivity index (χ2n) is 9.49. The van der Waals surface area contributed by atoms with Crippen molar-refractivity contribution >= 4 is 6.09 Å². The van der Waals surface area contributed by atoms with Crippen molar-refractivity contribution in [2.75, 3.05) is 20.3 Å². The zero-order chi connectivity index (χ0) is 20.7. The fourth-order valence-electron chi connectivity index (χ4n) is 4.55. The quantitative estimate of drug-likeness (QED) is 0.507. The van der Waals surface area contributed by atoms with E-state index in [0.29, 0.717) is 13.0 Å². The van der Waals surface area contributed by atoms with Gasteiger partial charge in [0.15, 0.2) is 0 Å². The Morgan fingerprint density at radius 2 is 2.07 bits per heavy atom. The molecule has 0 aromatic rings. The van der Waals surface area contributed by atoms with Crippen LogP contribution in [0.4, 0.5) is 4.79 Å². The zero-order valence-corrected chi connectivity index (χ0v) is 17.9. The van der Waals surface area contributed by atoms with E-state index in [1.165, 1.54) is 5.57 Å². The van der Waals surface area contributed by atoms with Gasteiger partial charge in [0.25, 0.3) is 0 Å².